The third-order valence-corrected chi connectivity index (χ3v) is 5.72. The van der Waals surface area contributed by atoms with Crippen molar-refractivity contribution in [2.75, 3.05) is 6.54 Å². The Morgan fingerprint density at radius 2 is 2.04 bits per heavy atom. The predicted molar refractivity (Wildman–Crippen MR) is 95.2 cm³/mol. The minimum absolute atomic E-state index is 0.181. The molecule has 0 saturated carbocycles. The number of carbonyl (C=O) groups is 1. The van der Waals surface area contributed by atoms with Crippen LogP contribution in [0.2, 0.25) is 0 Å². The van der Waals surface area contributed by atoms with Crippen LogP contribution >= 0.6 is 0 Å². The standard InChI is InChI=1S/C21H20N2O/c24-21(16-7-8-19-15(12-16)9-10-22-19)23-11-3-6-18-17-5-2-1-4-14(17)13-20(18)23/h1-2,4-5,7-10,12,18,20,22H,3,6,11,13H2/t18?,20-/m0/s1. The fraction of sp³-hybridized carbons (Fsp3) is 0.286. The van der Waals surface area contributed by atoms with Gasteiger partial charge in [0.1, 0.15) is 0 Å². The second-order valence-corrected chi connectivity index (χ2v) is 7.00. The molecule has 1 amide bonds. The molecule has 1 aromatic heterocycles. The van der Waals surface area contributed by atoms with Crippen LogP contribution in [0.15, 0.2) is 54.7 Å². The van der Waals surface area contributed by atoms with E-state index in [2.05, 4.69) is 34.1 Å². The number of aromatic amines is 1. The van der Waals surface area contributed by atoms with Crippen molar-refractivity contribution in [3.05, 3.63) is 71.4 Å². The first-order valence-electron chi connectivity index (χ1n) is 8.77. The maximum atomic E-state index is 13.2. The molecule has 1 aliphatic carbocycles. The van der Waals surface area contributed by atoms with Gasteiger partial charge in [-0.25, -0.2) is 0 Å². The maximum absolute atomic E-state index is 13.2. The third kappa shape index (κ3) is 2.01. The van der Waals surface area contributed by atoms with E-state index in [4.69, 9.17) is 0 Å². The molecule has 5 rings (SSSR count). The highest BCUT2D eigenvalue weighted by Gasteiger charge is 2.40. The fourth-order valence-electron chi connectivity index (χ4n) is 4.58. The van der Waals surface area contributed by atoms with Crippen LogP contribution in [0.5, 0.6) is 0 Å². The average Bonchev–Trinajstić information content (AvgIpc) is 3.24. The molecule has 1 aliphatic heterocycles. The molecule has 3 nitrogen and oxygen atoms in total. The molecule has 2 aromatic carbocycles. The first-order chi connectivity index (χ1) is 11.8. The molecule has 1 unspecified atom stereocenters. The van der Waals surface area contributed by atoms with Gasteiger partial charge in [-0.3, -0.25) is 4.79 Å². The Labute approximate surface area is 141 Å². The van der Waals surface area contributed by atoms with Gasteiger partial charge in [-0.1, -0.05) is 24.3 Å². The number of likely N-dealkylation sites (tertiary alicyclic amines) is 1. The van der Waals surface area contributed by atoms with Crippen molar-refractivity contribution < 1.29 is 4.79 Å². The van der Waals surface area contributed by atoms with Crippen LogP contribution in [0.25, 0.3) is 10.9 Å². The molecule has 2 heterocycles. The number of carbonyl (C=O) groups excluding carboxylic acids is 1. The lowest BCUT2D eigenvalue weighted by Crippen LogP contribution is -2.46. The smallest absolute Gasteiger partial charge is 0.254 e. The number of hydrogen-bond acceptors (Lipinski definition) is 1. The largest absolute Gasteiger partial charge is 0.361 e. The summed E-state index contributed by atoms with van der Waals surface area (Å²) in [7, 11) is 0. The number of nitrogens with zero attached hydrogens (tertiary/aromatic N) is 1. The average molecular weight is 316 g/mol. The molecular weight excluding hydrogens is 296 g/mol. The van der Waals surface area contributed by atoms with Crippen LogP contribution in [0.4, 0.5) is 0 Å². The summed E-state index contributed by atoms with van der Waals surface area (Å²) in [5, 5.41) is 1.10. The Kier molecular flexibility index (Phi) is 3.02. The van der Waals surface area contributed by atoms with Gasteiger partial charge in [0.15, 0.2) is 0 Å². The number of aromatic nitrogens is 1. The molecule has 120 valence electrons. The van der Waals surface area contributed by atoms with E-state index >= 15 is 0 Å². The van der Waals surface area contributed by atoms with Gasteiger partial charge >= 0.3 is 0 Å². The first kappa shape index (κ1) is 13.8. The van der Waals surface area contributed by atoms with E-state index < -0.39 is 0 Å². The SMILES string of the molecule is O=C(c1ccc2[nH]ccc2c1)N1CCCC2c3ccccc3C[C@@H]21. The van der Waals surface area contributed by atoms with Gasteiger partial charge in [0.2, 0.25) is 0 Å². The number of amides is 1. The van der Waals surface area contributed by atoms with Crippen molar-refractivity contribution in [3.63, 3.8) is 0 Å². The molecule has 0 bridgehead atoms. The van der Waals surface area contributed by atoms with E-state index in [0.29, 0.717) is 12.0 Å². The quantitative estimate of drug-likeness (QED) is 0.720. The molecule has 3 heteroatoms. The highest BCUT2D eigenvalue weighted by Crippen LogP contribution is 2.42. The summed E-state index contributed by atoms with van der Waals surface area (Å²) >= 11 is 0. The lowest BCUT2D eigenvalue weighted by Gasteiger charge is -2.38. The minimum atomic E-state index is 0.181. The van der Waals surface area contributed by atoms with Crippen molar-refractivity contribution >= 4 is 16.8 Å². The summed E-state index contributed by atoms with van der Waals surface area (Å²) in [6.45, 7) is 0.874. The van der Waals surface area contributed by atoms with Crippen molar-refractivity contribution in [2.45, 2.75) is 31.2 Å². The second kappa shape index (κ2) is 5.23. The highest BCUT2D eigenvalue weighted by molar-refractivity contribution is 5.98. The molecule has 0 spiro atoms. The van der Waals surface area contributed by atoms with Gasteiger partial charge in [0.05, 0.1) is 0 Å². The molecule has 3 aromatic rings. The van der Waals surface area contributed by atoms with E-state index in [1.54, 1.807) is 0 Å². The number of H-pyrrole nitrogens is 1. The van der Waals surface area contributed by atoms with E-state index in [-0.39, 0.29) is 5.91 Å². The summed E-state index contributed by atoms with van der Waals surface area (Å²) in [5.41, 5.74) is 4.77. The monoisotopic (exact) mass is 316 g/mol. The van der Waals surface area contributed by atoms with Crippen molar-refractivity contribution in [2.24, 2.45) is 0 Å². The topological polar surface area (TPSA) is 36.1 Å². The third-order valence-electron chi connectivity index (χ3n) is 5.72. The molecular formula is C21H20N2O. The number of fused-ring (bicyclic) bond motifs is 4. The van der Waals surface area contributed by atoms with E-state index in [1.807, 2.05) is 30.5 Å². The van der Waals surface area contributed by atoms with Crippen LogP contribution in [-0.2, 0) is 6.42 Å². The van der Waals surface area contributed by atoms with Gasteiger partial charge in [0, 0.05) is 41.2 Å². The number of hydrogen-bond donors (Lipinski definition) is 1. The summed E-state index contributed by atoms with van der Waals surface area (Å²) in [4.78, 5) is 18.5. The summed E-state index contributed by atoms with van der Waals surface area (Å²) in [6.07, 6.45) is 5.21. The molecule has 1 fully saturated rings. The Morgan fingerprint density at radius 3 is 3.00 bits per heavy atom. The van der Waals surface area contributed by atoms with Crippen LogP contribution in [-0.4, -0.2) is 28.4 Å². The van der Waals surface area contributed by atoms with E-state index in [9.17, 15) is 4.79 Å². The van der Waals surface area contributed by atoms with Crippen LogP contribution in [0.3, 0.4) is 0 Å². The lowest BCUT2D eigenvalue weighted by atomic mass is 9.88. The number of nitrogens with one attached hydrogen (secondary N) is 1. The Morgan fingerprint density at radius 1 is 1.12 bits per heavy atom. The van der Waals surface area contributed by atoms with Crippen molar-refractivity contribution in [1.82, 2.24) is 9.88 Å². The lowest BCUT2D eigenvalue weighted by molar-refractivity contribution is 0.0595. The summed E-state index contributed by atoms with van der Waals surface area (Å²) in [5.74, 6) is 0.690. The Balaban J connectivity index is 1.49. The van der Waals surface area contributed by atoms with Crippen LogP contribution in [0, 0.1) is 0 Å². The zero-order valence-electron chi connectivity index (χ0n) is 13.5. The number of piperidine rings is 1. The van der Waals surface area contributed by atoms with E-state index in [1.165, 1.54) is 17.5 Å². The van der Waals surface area contributed by atoms with Gasteiger partial charge in [0.25, 0.3) is 5.91 Å². The summed E-state index contributed by atoms with van der Waals surface area (Å²) < 4.78 is 0. The zero-order valence-corrected chi connectivity index (χ0v) is 13.5. The molecule has 2 aliphatic rings. The molecule has 1 saturated heterocycles. The molecule has 2 atom stereocenters. The van der Waals surface area contributed by atoms with Crippen molar-refractivity contribution in [1.29, 1.82) is 0 Å². The zero-order chi connectivity index (χ0) is 16.1. The molecule has 1 N–H and O–H groups in total. The Hall–Kier alpha value is -2.55. The number of benzene rings is 2. The van der Waals surface area contributed by atoms with E-state index in [0.717, 1.165) is 35.9 Å². The molecule has 24 heavy (non-hydrogen) atoms. The Bertz CT molecular complexity index is 926. The second-order valence-electron chi connectivity index (χ2n) is 7.00. The van der Waals surface area contributed by atoms with Gasteiger partial charge in [-0.15, -0.1) is 0 Å². The van der Waals surface area contributed by atoms with Gasteiger partial charge < -0.3 is 9.88 Å². The maximum Gasteiger partial charge on any atom is 0.254 e. The molecule has 0 radical (unpaired) electrons. The van der Waals surface area contributed by atoms with Gasteiger partial charge in [-0.05, 0) is 54.7 Å². The number of rotatable bonds is 1. The predicted octanol–water partition coefficient (Wildman–Crippen LogP) is 4.11. The highest BCUT2D eigenvalue weighted by atomic mass is 16.2. The minimum Gasteiger partial charge on any atom is -0.361 e. The van der Waals surface area contributed by atoms with Crippen LogP contribution < -0.4 is 0 Å². The van der Waals surface area contributed by atoms with Crippen molar-refractivity contribution in [3.8, 4) is 0 Å². The van der Waals surface area contributed by atoms with Crippen LogP contribution in [0.1, 0.15) is 40.2 Å². The normalized spacial score (nSPS) is 22.4. The first-order valence-corrected chi connectivity index (χ1v) is 8.77. The summed E-state index contributed by atoms with van der Waals surface area (Å²) in [6, 6.07) is 17.0. The van der Waals surface area contributed by atoms with Gasteiger partial charge in [-0.2, -0.15) is 0 Å². The fourth-order valence-corrected chi connectivity index (χ4v) is 4.58.